The van der Waals surface area contributed by atoms with Crippen molar-refractivity contribution in [1.82, 2.24) is 9.55 Å². The van der Waals surface area contributed by atoms with Gasteiger partial charge in [0.25, 0.3) is 5.56 Å². The summed E-state index contributed by atoms with van der Waals surface area (Å²) < 4.78 is 7.11. The minimum absolute atomic E-state index is 0.0271. The summed E-state index contributed by atoms with van der Waals surface area (Å²) in [7, 11) is 0. The summed E-state index contributed by atoms with van der Waals surface area (Å²) in [4.78, 5) is 35.2. The Morgan fingerprint density at radius 1 is 1.28 bits per heavy atom. The van der Waals surface area contributed by atoms with Gasteiger partial charge in [-0.25, -0.2) is 4.98 Å². The van der Waals surface area contributed by atoms with E-state index in [2.05, 4.69) is 13.0 Å². The first-order valence-electron chi connectivity index (χ1n) is 10.7. The quantitative estimate of drug-likeness (QED) is 0.304. The predicted molar refractivity (Wildman–Crippen MR) is 129 cm³/mol. The summed E-state index contributed by atoms with van der Waals surface area (Å²) >= 11 is 2.87. The van der Waals surface area contributed by atoms with Gasteiger partial charge in [-0.1, -0.05) is 36.9 Å². The Labute approximate surface area is 193 Å². The third-order valence-corrected chi connectivity index (χ3v) is 7.94. The zero-order chi connectivity index (χ0) is 22.2. The van der Waals surface area contributed by atoms with Crippen LogP contribution >= 0.6 is 23.1 Å². The van der Waals surface area contributed by atoms with E-state index in [1.165, 1.54) is 28.7 Å². The SMILES string of the molecule is CCc1cc2c(=O)n(Cc3ccco3)c(SC(C)C(=O)N3CCc4ccccc43)nc2s1. The molecule has 0 aliphatic carbocycles. The Morgan fingerprint density at radius 2 is 2.12 bits per heavy atom. The minimum atomic E-state index is -0.390. The molecule has 0 saturated heterocycles. The first kappa shape index (κ1) is 21.0. The van der Waals surface area contributed by atoms with Gasteiger partial charge in [0.1, 0.15) is 10.6 Å². The topological polar surface area (TPSA) is 68.3 Å². The van der Waals surface area contributed by atoms with Crippen LogP contribution in [0.5, 0.6) is 0 Å². The van der Waals surface area contributed by atoms with E-state index in [0.29, 0.717) is 22.8 Å². The molecule has 1 aliphatic rings. The second-order valence-corrected chi connectivity index (χ2v) is 10.2. The molecule has 32 heavy (non-hydrogen) atoms. The molecule has 0 spiro atoms. The summed E-state index contributed by atoms with van der Waals surface area (Å²) in [5.41, 5.74) is 2.07. The van der Waals surface area contributed by atoms with Crippen LogP contribution in [-0.2, 0) is 24.2 Å². The van der Waals surface area contributed by atoms with Crippen molar-refractivity contribution >= 4 is 44.9 Å². The molecule has 0 bridgehead atoms. The Morgan fingerprint density at radius 3 is 2.91 bits per heavy atom. The molecule has 3 aromatic heterocycles. The number of aromatic nitrogens is 2. The summed E-state index contributed by atoms with van der Waals surface area (Å²) in [6.45, 7) is 4.91. The van der Waals surface area contributed by atoms with Crippen molar-refractivity contribution in [3.63, 3.8) is 0 Å². The Balaban J connectivity index is 1.49. The molecule has 0 radical (unpaired) electrons. The van der Waals surface area contributed by atoms with E-state index in [4.69, 9.17) is 9.40 Å². The molecule has 0 fully saturated rings. The predicted octanol–water partition coefficient (Wildman–Crippen LogP) is 4.73. The van der Waals surface area contributed by atoms with Crippen molar-refractivity contribution in [2.45, 2.75) is 43.6 Å². The number of carbonyl (C=O) groups is 1. The van der Waals surface area contributed by atoms with Gasteiger partial charge in [-0.15, -0.1) is 11.3 Å². The number of hydrogen-bond donors (Lipinski definition) is 0. The molecule has 1 amide bonds. The number of carbonyl (C=O) groups excluding carboxylic acids is 1. The zero-order valence-electron chi connectivity index (χ0n) is 17.9. The lowest BCUT2D eigenvalue weighted by Crippen LogP contribution is -2.35. The summed E-state index contributed by atoms with van der Waals surface area (Å²) in [5, 5.41) is 0.769. The second-order valence-electron chi connectivity index (χ2n) is 7.78. The van der Waals surface area contributed by atoms with Crippen LogP contribution in [0.4, 0.5) is 5.69 Å². The van der Waals surface area contributed by atoms with Gasteiger partial charge in [-0.05, 0) is 49.6 Å². The second kappa shape index (κ2) is 8.60. The van der Waals surface area contributed by atoms with Crippen LogP contribution in [0.1, 0.15) is 30.0 Å². The standard InChI is InChI=1S/C24H23N3O3S2/c1-3-18-13-19-21(32-18)25-24(27(23(19)29)14-17-8-6-12-30-17)31-15(2)22(28)26-11-10-16-7-4-5-9-20(16)26/h4-9,12-13,15H,3,10-11,14H2,1-2H3. The minimum Gasteiger partial charge on any atom is -0.467 e. The molecule has 4 heterocycles. The Bertz CT molecular complexity index is 1340. The number of anilines is 1. The van der Waals surface area contributed by atoms with Crippen molar-refractivity contribution in [2.24, 2.45) is 0 Å². The number of benzene rings is 1. The lowest BCUT2D eigenvalue weighted by Gasteiger charge is -2.22. The number of nitrogens with zero attached hydrogens (tertiary/aromatic N) is 3. The van der Waals surface area contributed by atoms with E-state index in [1.807, 2.05) is 42.2 Å². The first-order chi connectivity index (χ1) is 15.5. The number of thioether (sulfide) groups is 1. The van der Waals surface area contributed by atoms with E-state index < -0.39 is 0 Å². The lowest BCUT2D eigenvalue weighted by molar-refractivity contribution is -0.117. The maximum Gasteiger partial charge on any atom is 0.263 e. The van der Waals surface area contributed by atoms with Crippen LogP contribution in [0.15, 0.2) is 63.1 Å². The van der Waals surface area contributed by atoms with Gasteiger partial charge in [0.05, 0.1) is 23.4 Å². The number of rotatable bonds is 6. The summed E-state index contributed by atoms with van der Waals surface area (Å²) in [6, 6.07) is 13.6. The van der Waals surface area contributed by atoms with E-state index in [1.54, 1.807) is 16.9 Å². The molecule has 5 rings (SSSR count). The zero-order valence-corrected chi connectivity index (χ0v) is 19.5. The average Bonchev–Trinajstić information content (AvgIpc) is 3.55. The highest BCUT2D eigenvalue weighted by atomic mass is 32.2. The monoisotopic (exact) mass is 465 g/mol. The number of para-hydroxylation sites is 1. The van der Waals surface area contributed by atoms with Crippen LogP contribution in [0, 0.1) is 0 Å². The molecule has 1 aromatic carbocycles. The first-order valence-corrected chi connectivity index (χ1v) is 12.4. The maximum atomic E-state index is 13.4. The van der Waals surface area contributed by atoms with Gasteiger partial charge < -0.3 is 9.32 Å². The molecule has 1 unspecified atom stereocenters. The fourth-order valence-corrected chi connectivity index (χ4v) is 5.98. The highest BCUT2D eigenvalue weighted by Crippen LogP contribution is 2.32. The highest BCUT2D eigenvalue weighted by Gasteiger charge is 2.29. The number of aryl methyl sites for hydroxylation is 1. The molecule has 1 atom stereocenters. The van der Waals surface area contributed by atoms with Crippen molar-refractivity contribution in [3.05, 3.63) is 75.3 Å². The Kier molecular flexibility index (Phi) is 5.65. The molecule has 4 aromatic rings. The molecule has 0 saturated carbocycles. The lowest BCUT2D eigenvalue weighted by atomic mass is 10.2. The smallest absolute Gasteiger partial charge is 0.263 e. The van der Waals surface area contributed by atoms with Crippen LogP contribution in [0.2, 0.25) is 0 Å². The van der Waals surface area contributed by atoms with E-state index >= 15 is 0 Å². The third-order valence-electron chi connectivity index (χ3n) is 5.69. The van der Waals surface area contributed by atoms with Crippen LogP contribution in [-0.4, -0.2) is 27.3 Å². The number of hydrogen-bond acceptors (Lipinski definition) is 6. The Hall–Kier alpha value is -2.84. The average molecular weight is 466 g/mol. The third kappa shape index (κ3) is 3.78. The fourth-order valence-electron chi connectivity index (χ4n) is 4.00. The molecule has 1 aliphatic heterocycles. The largest absolute Gasteiger partial charge is 0.467 e. The van der Waals surface area contributed by atoms with Crippen LogP contribution < -0.4 is 10.5 Å². The van der Waals surface area contributed by atoms with Gasteiger partial charge in [0, 0.05) is 17.1 Å². The van der Waals surface area contributed by atoms with Crippen molar-refractivity contribution in [1.29, 1.82) is 0 Å². The molecular weight excluding hydrogens is 442 g/mol. The maximum absolute atomic E-state index is 13.4. The fraction of sp³-hybridized carbons (Fsp3) is 0.292. The number of thiophene rings is 1. The highest BCUT2D eigenvalue weighted by molar-refractivity contribution is 8.00. The van der Waals surface area contributed by atoms with Crippen LogP contribution in [0.3, 0.4) is 0 Å². The van der Waals surface area contributed by atoms with Gasteiger partial charge in [-0.3, -0.25) is 14.2 Å². The van der Waals surface area contributed by atoms with Gasteiger partial charge in [-0.2, -0.15) is 0 Å². The van der Waals surface area contributed by atoms with E-state index in [0.717, 1.165) is 28.2 Å². The van der Waals surface area contributed by atoms with Gasteiger partial charge in [0.15, 0.2) is 5.16 Å². The number of furan rings is 1. The van der Waals surface area contributed by atoms with E-state index in [9.17, 15) is 9.59 Å². The van der Waals surface area contributed by atoms with Crippen LogP contribution in [0.25, 0.3) is 10.2 Å². The molecule has 164 valence electrons. The van der Waals surface area contributed by atoms with E-state index in [-0.39, 0.29) is 23.3 Å². The molecule has 8 heteroatoms. The van der Waals surface area contributed by atoms with Crippen molar-refractivity contribution in [3.8, 4) is 0 Å². The molecule has 0 N–H and O–H groups in total. The summed E-state index contributed by atoms with van der Waals surface area (Å²) in [6.07, 6.45) is 3.31. The van der Waals surface area contributed by atoms with Crippen molar-refractivity contribution < 1.29 is 9.21 Å². The number of amides is 1. The molecule has 6 nitrogen and oxygen atoms in total. The summed E-state index contributed by atoms with van der Waals surface area (Å²) in [5.74, 6) is 0.702. The van der Waals surface area contributed by atoms with Crippen molar-refractivity contribution in [2.75, 3.05) is 11.4 Å². The molecular formula is C24H23N3O3S2. The normalized spacial score (nSPS) is 14.1. The number of fused-ring (bicyclic) bond motifs is 2. The van der Waals surface area contributed by atoms with Gasteiger partial charge >= 0.3 is 0 Å². The van der Waals surface area contributed by atoms with Gasteiger partial charge in [0.2, 0.25) is 5.91 Å².